The number of thioether (sulfide) groups is 1. The number of H-pyrrole nitrogens is 1. The first kappa shape index (κ1) is 16.1. The van der Waals surface area contributed by atoms with Gasteiger partial charge in [0.15, 0.2) is 0 Å². The largest absolute Gasteiger partial charge is 0.335 e. The second-order valence-electron chi connectivity index (χ2n) is 6.17. The fourth-order valence-electron chi connectivity index (χ4n) is 2.41. The van der Waals surface area contributed by atoms with E-state index in [9.17, 15) is 4.79 Å². The Morgan fingerprint density at radius 3 is 2.74 bits per heavy atom. The van der Waals surface area contributed by atoms with Crippen molar-refractivity contribution in [3.05, 3.63) is 41.7 Å². The van der Waals surface area contributed by atoms with Crippen LogP contribution in [0.1, 0.15) is 44.0 Å². The molecule has 0 aliphatic heterocycles. The van der Waals surface area contributed by atoms with E-state index >= 15 is 0 Å². The molecule has 0 radical (unpaired) electrons. The van der Waals surface area contributed by atoms with E-state index in [1.165, 1.54) is 24.6 Å². The zero-order chi connectivity index (χ0) is 16.2. The lowest BCUT2D eigenvalue weighted by Crippen LogP contribution is -2.37. The second kappa shape index (κ2) is 7.17. The van der Waals surface area contributed by atoms with Crippen LogP contribution in [0.25, 0.3) is 0 Å². The van der Waals surface area contributed by atoms with Crippen LogP contribution in [0.4, 0.5) is 0 Å². The number of rotatable bonds is 7. The molecule has 0 spiro atoms. The molecule has 1 saturated carbocycles. The molecule has 6 heteroatoms. The second-order valence-corrected chi connectivity index (χ2v) is 7.11. The van der Waals surface area contributed by atoms with E-state index in [1.54, 1.807) is 0 Å². The van der Waals surface area contributed by atoms with Crippen LogP contribution in [-0.4, -0.2) is 37.8 Å². The fourth-order valence-corrected chi connectivity index (χ4v) is 3.10. The van der Waals surface area contributed by atoms with Crippen molar-refractivity contribution >= 4 is 17.7 Å². The number of nitrogens with zero attached hydrogens (tertiary/aromatic N) is 3. The highest BCUT2D eigenvalue weighted by molar-refractivity contribution is 7.99. The van der Waals surface area contributed by atoms with Gasteiger partial charge in [-0.1, -0.05) is 42.1 Å². The zero-order valence-corrected chi connectivity index (χ0v) is 14.3. The van der Waals surface area contributed by atoms with Crippen molar-refractivity contribution < 1.29 is 4.79 Å². The minimum absolute atomic E-state index is 0.117. The molecule has 0 bridgehead atoms. The molecule has 1 amide bonds. The Labute approximate surface area is 140 Å². The number of hydrogen-bond donors (Lipinski definition) is 1. The molecule has 0 atom stereocenters. The maximum Gasteiger partial charge on any atom is 0.233 e. The molecular weight excluding hydrogens is 308 g/mol. The standard InChI is InChI=1S/C17H22N4OS/c1-12(2)21(10-13-6-4-3-5-7-13)15(22)11-23-17-18-16(19-20-17)14-8-9-14/h3-7,12,14H,8-11H2,1-2H3,(H,18,19,20). The molecule has 1 fully saturated rings. The maximum absolute atomic E-state index is 12.6. The fraction of sp³-hybridized carbons (Fsp3) is 0.471. The Balaban J connectivity index is 1.57. The van der Waals surface area contributed by atoms with E-state index in [1.807, 2.05) is 49.1 Å². The lowest BCUT2D eigenvalue weighted by atomic mass is 10.2. The number of benzene rings is 1. The van der Waals surface area contributed by atoms with Gasteiger partial charge in [0.2, 0.25) is 11.1 Å². The molecule has 0 unspecified atom stereocenters. The van der Waals surface area contributed by atoms with Gasteiger partial charge in [0.25, 0.3) is 0 Å². The van der Waals surface area contributed by atoms with E-state index in [0.29, 0.717) is 23.4 Å². The lowest BCUT2D eigenvalue weighted by molar-refractivity contribution is -0.130. The number of hydrogen-bond acceptors (Lipinski definition) is 4. The highest BCUT2D eigenvalue weighted by Gasteiger charge is 2.27. The van der Waals surface area contributed by atoms with Crippen LogP contribution in [0, 0.1) is 0 Å². The monoisotopic (exact) mass is 330 g/mol. The number of aromatic nitrogens is 3. The van der Waals surface area contributed by atoms with Crippen LogP contribution in [0.5, 0.6) is 0 Å². The summed E-state index contributed by atoms with van der Waals surface area (Å²) in [5.41, 5.74) is 1.15. The van der Waals surface area contributed by atoms with Gasteiger partial charge in [0.1, 0.15) is 5.82 Å². The van der Waals surface area contributed by atoms with Gasteiger partial charge in [-0.05, 0) is 32.3 Å². The summed E-state index contributed by atoms with van der Waals surface area (Å²) >= 11 is 1.41. The Morgan fingerprint density at radius 2 is 2.09 bits per heavy atom. The van der Waals surface area contributed by atoms with Crippen molar-refractivity contribution in [3.63, 3.8) is 0 Å². The Hall–Kier alpha value is -1.82. The molecule has 1 aromatic carbocycles. The number of carbonyl (C=O) groups excluding carboxylic acids is 1. The molecular formula is C17H22N4OS. The van der Waals surface area contributed by atoms with Crippen LogP contribution in [0.2, 0.25) is 0 Å². The summed E-state index contributed by atoms with van der Waals surface area (Å²) in [7, 11) is 0. The average Bonchev–Trinajstić information content (AvgIpc) is 3.30. The van der Waals surface area contributed by atoms with Gasteiger partial charge in [-0.3, -0.25) is 9.89 Å². The summed E-state index contributed by atoms with van der Waals surface area (Å²) in [6.45, 7) is 4.73. The third-order valence-corrected chi connectivity index (χ3v) is 4.74. The van der Waals surface area contributed by atoms with E-state index < -0.39 is 0 Å². The third-order valence-electron chi connectivity index (χ3n) is 3.91. The van der Waals surface area contributed by atoms with Gasteiger partial charge in [0, 0.05) is 18.5 Å². The summed E-state index contributed by atoms with van der Waals surface area (Å²) in [6, 6.07) is 10.2. The highest BCUT2D eigenvalue weighted by Crippen LogP contribution is 2.38. The molecule has 3 rings (SSSR count). The Morgan fingerprint density at radius 1 is 1.35 bits per heavy atom. The van der Waals surface area contributed by atoms with Crippen LogP contribution in [0.15, 0.2) is 35.5 Å². The SMILES string of the molecule is CC(C)N(Cc1ccccc1)C(=O)CSc1n[nH]c(C2CC2)n1. The normalized spacial score (nSPS) is 14.2. The predicted octanol–water partition coefficient (Wildman–Crippen LogP) is 3.21. The van der Waals surface area contributed by atoms with Crippen molar-refractivity contribution in [3.8, 4) is 0 Å². The Bertz CT molecular complexity index is 652. The summed E-state index contributed by atoms with van der Waals surface area (Å²) < 4.78 is 0. The molecule has 1 aliphatic rings. The molecule has 1 aliphatic carbocycles. The van der Waals surface area contributed by atoms with Crippen LogP contribution < -0.4 is 0 Å². The summed E-state index contributed by atoms with van der Waals surface area (Å²) in [5.74, 6) is 2.00. The van der Waals surface area contributed by atoms with Crippen molar-refractivity contribution in [1.29, 1.82) is 0 Å². The first-order chi connectivity index (χ1) is 11.1. The molecule has 5 nitrogen and oxygen atoms in total. The smallest absolute Gasteiger partial charge is 0.233 e. The predicted molar refractivity (Wildman–Crippen MR) is 91.2 cm³/mol. The summed E-state index contributed by atoms with van der Waals surface area (Å²) in [4.78, 5) is 18.9. The van der Waals surface area contributed by atoms with Crippen molar-refractivity contribution in [2.24, 2.45) is 0 Å². The number of nitrogens with one attached hydrogen (secondary N) is 1. The van der Waals surface area contributed by atoms with Crippen LogP contribution in [-0.2, 0) is 11.3 Å². The van der Waals surface area contributed by atoms with Gasteiger partial charge in [-0.15, -0.1) is 5.10 Å². The Kier molecular flexibility index (Phi) is 5.00. The van der Waals surface area contributed by atoms with Gasteiger partial charge in [0.05, 0.1) is 5.75 Å². The highest BCUT2D eigenvalue weighted by atomic mass is 32.2. The maximum atomic E-state index is 12.6. The quantitative estimate of drug-likeness (QED) is 0.792. The first-order valence-electron chi connectivity index (χ1n) is 8.02. The van der Waals surface area contributed by atoms with E-state index in [0.717, 1.165) is 11.4 Å². The van der Waals surface area contributed by atoms with Crippen molar-refractivity contribution in [2.75, 3.05) is 5.75 Å². The number of carbonyl (C=O) groups is 1. The molecule has 122 valence electrons. The zero-order valence-electron chi connectivity index (χ0n) is 13.5. The first-order valence-corrected chi connectivity index (χ1v) is 9.00. The van der Waals surface area contributed by atoms with Gasteiger partial charge >= 0.3 is 0 Å². The van der Waals surface area contributed by atoms with Crippen LogP contribution >= 0.6 is 11.8 Å². The molecule has 1 aromatic heterocycles. The average molecular weight is 330 g/mol. The molecule has 23 heavy (non-hydrogen) atoms. The topological polar surface area (TPSA) is 61.9 Å². The summed E-state index contributed by atoms with van der Waals surface area (Å²) in [5, 5.41) is 7.84. The van der Waals surface area contributed by atoms with E-state index in [4.69, 9.17) is 0 Å². The molecule has 2 aromatic rings. The lowest BCUT2D eigenvalue weighted by Gasteiger charge is -2.26. The number of amides is 1. The minimum atomic E-state index is 0.117. The van der Waals surface area contributed by atoms with Crippen molar-refractivity contribution in [1.82, 2.24) is 20.1 Å². The van der Waals surface area contributed by atoms with E-state index in [2.05, 4.69) is 15.2 Å². The van der Waals surface area contributed by atoms with Gasteiger partial charge in [-0.25, -0.2) is 4.98 Å². The molecule has 1 N–H and O–H groups in total. The number of aromatic amines is 1. The van der Waals surface area contributed by atoms with Crippen LogP contribution in [0.3, 0.4) is 0 Å². The third kappa shape index (κ3) is 4.34. The molecule has 1 heterocycles. The molecule has 0 saturated heterocycles. The van der Waals surface area contributed by atoms with Gasteiger partial charge < -0.3 is 4.90 Å². The minimum Gasteiger partial charge on any atom is -0.335 e. The van der Waals surface area contributed by atoms with Crippen molar-refractivity contribution in [2.45, 2.75) is 50.4 Å². The summed E-state index contributed by atoms with van der Waals surface area (Å²) in [6.07, 6.45) is 2.38. The van der Waals surface area contributed by atoms with Gasteiger partial charge in [-0.2, -0.15) is 0 Å². The van der Waals surface area contributed by atoms with E-state index in [-0.39, 0.29) is 11.9 Å².